The number of benzene rings is 2. The molecule has 0 saturated heterocycles. The summed E-state index contributed by atoms with van der Waals surface area (Å²) in [5, 5.41) is 2.07. The zero-order valence-electron chi connectivity index (χ0n) is 20.7. The van der Waals surface area contributed by atoms with Crippen molar-refractivity contribution in [3.05, 3.63) is 86.9 Å². The predicted octanol–water partition coefficient (Wildman–Crippen LogP) is 5.56. The van der Waals surface area contributed by atoms with Gasteiger partial charge in [0.1, 0.15) is 24.7 Å². The van der Waals surface area contributed by atoms with Crippen molar-refractivity contribution < 1.29 is 18.7 Å². The summed E-state index contributed by atoms with van der Waals surface area (Å²) in [5.41, 5.74) is 3.63. The minimum atomic E-state index is -0.455. The van der Waals surface area contributed by atoms with E-state index >= 15 is 0 Å². The molecule has 0 spiro atoms. The quantitative estimate of drug-likeness (QED) is 0.402. The van der Waals surface area contributed by atoms with E-state index in [1.807, 2.05) is 24.0 Å². The van der Waals surface area contributed by atoms with Gasteiger partial charge in [-0.05, 0) is 85.9 Å². The maximum atomic E-state index is 13.8. The molecule has 36 heavy (non-hydrogen) atoms. The monoisotopic (exact) mass is 506 g/mol. The molecule has 2 aliphatic rings. The van der Waals surface area contributed by atoms with E-state index in [1.165, 1.54) is 28.6 Å². The van der Waals surface area contributed by atoms with E-state index in [0.717, 1.165) is 36.1 Å². The van der Waals surface area contributed by atoms with E-state index < -0.39 is 5.82 Å². The van der Waals surface area contributed by atoms with Gasteiger partial charge in [0.05, 0.1) is 6.04 Å². The van der Waals surface area contributed by atoms with Gasteiger partial charge in [0.15, 0.2) is 0 Å². The maximum Gasteiger partial charge on any atom is 0.254 e. The van der Waals surface area contributed by atoms with Crippen LogP contribution in [0.1, 0.15) is 50.8 Å². The van der Waals surface area contributed by atoms with E-state index in [2.05, 4.69) is 24.4 Å². The van der Waals surface area contributed by atoms with E-state index in [-0.39, 0.29) is 30.0 Å². The molecular weight excluding hydrogens is 475 g/mol. The third-order valence-electron chi connectivity index (χ3n) is 7.00. The van der Waals surface area contributed by atoms with Crippen LogP contribution in [0.25, 0.3) is 0 Å². The van der Waals surface area contributed by atoms with Gasteiger partial charge in [-0.15, -0.1) is 11.3 Å². The number of ether oxygens (including phenoxy) is 1. The van der Waals surface area contributed by atoms with Gasteiger partial charge in [0, 0.05) is 23.5 Å². The van der Waals surface area contributed by atoms with Gasteiger partial charge in [-0.1, -0.05) is 23.8 Å². The van der Waals surface area contributed by atoms with Crippen LogP contribution in [-0.2, 0) is 11.2 Å². The molecule has 7 heteroatoms. The van der Waals surface area contributed by atoms with Crippen LogP contribution in [0.5, 0.6) is 5.75 Å². The van der Waals surface area contributed by atoms with Crippen molar-refractivity contribution in [2.24, 2.45) is 5.92 Å². The van der Waals surface area contributed by atoms with E-state index in [1.54, 1.807) is 22.3 Å². The number of halogens is 1. The molecule has 1 aliphatic carbocycles. The van der Waals surface area contributed by atoms with E-state index in [4.69, 9.17) is 4.74 Å². The number of fused-ring (bicyclic) bond motifs is 1. The molecule has 3 aromatic rings. The molecule has 1 aromatic heterocycles. The fraction of sp³-hybridized carbons (Fsp3) is 0.379. The highest BCUT2D eigenvalue weighted by molar-refractivity contribution is 7.10. The van der Waals surface area contributed by atoms with Crippen molar-refractivity contribution in [3.63, 3.8) is 0 Å². The number of thiophene rings is 1. The van der Waals surface area contributed by atoms with Crippen molar-refractivity contribution >= 4 is 23.2 Å². The van der Waals surface area contributed by atoms with E-state index in [0.29, 0.717) is 25.6 Å². The molecule has 188 valence electrons. The Labute approximate surface area is 215 Å². The zero-order valence-corrected chi connectivity index (χ0v) is 21.5. The van der Waals surface area contributed by atoms with Crippen molar-refractivity contribution in [2.45, 2.75) is 39.2 Å². The molecule has 2 heterocycles. The molecule has 0 radical (unpaired) electrons. The average molecular weight is 507 g/mol. The van der Waals surface area contributed by atoms with Gasteiger partial charge < -0.3 is 14.5 Å². The molecule has 1 aliphatic heterocycles. The molecule has 1 saturated carbocycles. The Kier molecular flexibility index (Phi) is 7.10. The number of aryl methyl sites for hydroxylation is 2. The van der Waals surface area contributed by atoms with Crippen LogP contribution in [0.4, 0.5) is 4.39 Å². The molecule has 0 N–H and O–H groups in total. The van der Waals surface area contributed by atoms with Gasteiger partial charge in [-0.3, -0.25) is 9.59 Å². The number of hydrogen-bond donors (Lipinski definition) is 0. The van der Waals surface area contributed by atoms with Gasteiger partial charge in [-0.2, -0.15) is 0 Å². The summed E-state index contributed by atoms with van der Waals surface area (Å²) in [6.07, 6.45) is 2.89. The van der Waals surface area contributed by atoms with Crippen molar-refractivity contribution in [1.82, 2.24) is 9.80 Å². The average Bonchev–Trinajstić information content (AvgIpc) is 3.54. The number of amides is 2. The second kappa shape index (κ2) is 10.4. The van der Waals surface area contributed by atoms with Crippen LogP contribution in [0.3, 0.4) is 0 Å². The first-order valence-corrected chi connectivity index (χ1v) is 13.4. The molecular formula is C29H31FN2O3S. The largest absolute Gasteiger partial charge is 0.491 e. The highest BCUT2D eigenvalue weighted by Crippen LogP contribution is 2.35. The smallest absolute Gasteiger partial charge is 0.254 e. The Morgan fingerprint density at radius 2 is 1.97 bits per heavy atom. The lowest BCUT2D eigenvalue weighted by Gasteiger charge is -2.37. The highest BCUT2D eigenvalue weighted by Gasteiger charge is 2.35. The number of carbonyl (C=O) groups is 2. The van der Waals surface area contributed by atoms with Crippen molar-refractivity contribution in [3.8, 4) is 5.75 Å². The third-order valence-corrected chi connectivity index (χ3v) is 8.00. The second-order valence-corrected chi connectivity index (χ2v) is 10.9. The topological polar surface area (TPSA) is 49.9 Å². The van der Waals surface area contributed by atoms with Crippen LogP contribution in [0.2, 0.25) is 0 Å². The van der Waals surface area contributed by atoms with Gasteiger partial charge in [0.2, 0.25) is 5.91 Å². The van der Waals surface area contributed by atoms with Crippen LogP contribution in [-0.4, -0.2) is 47.9 Å². The Balaban J connectivity index is 1.35. The summed E-state index contributed by atoms with van der Waals surface area (Å²) >= 11 is 1.71. The fourth-order valence-corrected chi connectivity index (χ4v) is 5.82. The predicted molar refractivity (Wildman–Crippen MR) is 139 cm³/mol. The molecule has 1 unspecified atom stereocenters. The zero-order chi connectivity index (χ0) is 25.2. The number of carbonyl (C=O) groups excluding carboxylic acids is 2. The van der Waals surface area contributed by atoms with Crippen LogP contribution >= 0.6 is 11.3 Å². The molecule has 1 fully saturated rings. The summed E-state index contributed by atoms with van der Waals surface area (Å²) in [6.45, 7) is 5.50. The Morgan fingerprint density at radius 1 is 1.14 bits per heavy atom. The van der Waals surface area contributed by atoms with Crippen molar-refractivity contribution in [1.29, 1.82) is 0 Å². The number of nitrogens with zero attached hydrogens (tertiary/aromatic N) is 2. The Bertz CT molecular complexity index is 1270. The molecule has 5 nitrogen and oxygen atoms in total. The van der Waals surface area contributed by atoms with Crippen LogP contribution < -0.4 is 4.74 Å². The van der Waals surface area contributed by atoms with Gasteiger partial charge >= 0.3 is 0 Å². The second-order valence-electron chi connectivity index (χ2n) is 9.87. The fourth-order valence-electron chi connectivity index (χ4n) is 4.89. The summed E-state index contributed by atoms with van der Waals surface area (Å²) in [7, 11) is 0. The lowest BCUT2D eigenvalue weighted by atomic mass is 10.00. The van der Waals surface area contributed by atoms with Gasteiger partial charge in [0.25, 0.3) is 5.91 Å². The molecule has 2 aromatic carbocycles. The highest BCUT2D eigenvalue weighted by atomic mass is 32.1. The SMILES string of the molecule is Cc1ccc(OCC2c3ccsc3CCN2C(=O)CN(CC2CC2)C(=O)c2cccc(F)c2)c(C)c1. The van der Waals surface area contributed by atoms with E-state index in [9.17, 15) is 14.0 Å². The summed E-state index contributed by atoms with van der Waals surface area (Å²) in [5.74, 6) is 0.358. The van der Waals surface area contributed by atoms with Crippen LogP contribution in [0.15, 0.2) is 53.9 Å². The first kappa shape index (κ1) is 24.5. The summed E-state index contributed by atoms with van der Waals surface area (Å²) < 4.78 is 20.0. The lowest BCUT2D eigenvalue weighted by Crippen LogP contribution is -2.48. The minimum Gasteiger partial charge on any atom is -0.491 e. The number of rotatable bonds is 8. The summed E-state index contributed by atoms with van der Waals surface area (Å²) in [6, 6.07) is 13.6. The maximum absolute atomic E-state index is 13.8. The van der Waals surface area contributed by atoms with Crippen molar-refractivity contribution in [2.75, 3.05) is 26.2 Å². The third kappa shape index (κ3) is 5.46. The molecule has 0 bridgehead atoms. The lowest BCUT2D eigenvalue weighted by molar-refractivity contribution is -0.135. The van der Waals surface area contributed by atoms with Crippen LogP contribution in [0, 0.1) is 25.6 Å². The van der Waals surface area contributed by atoms with Gasteiger partial charge in [-0.25, -0.2) is 4.39 Å². The normalized spacial score (nSPS) is 17.0. The Hall–Kier alpha value is -3.19. The molecule has 2 amide bonds. The first-order valence-electron chi connectivity index (χ1n) is 12.5. The number of hydrogen-bond acceptors (Lipinski definition) is 4. The molecule has 1 atom stereocenters. The standard InChI is InChI=1S/C29H31FN2O3S/c1-19-6-9-26(20(2)14-19)35-18-25-24-11-13-36-27(24)10-12-32(25)28(33)17-31(16-21-7-8-21)29(34)22-4-3-5-23(30)15-22/h3-6,9,11,13-15,21,25H,7-8,10,12,16-18H2,1-2H3. The molecule has 5 rings (SSSR count). The Morgan fingerprint density at radius 3 is 2.72 bits per heavy atom. The summed E-state index contributed by atoms with van der Waals surface area (Å²) in [4.78, 5) is 31.7. The minimum absolute atomic E-state index is 0.0224. The first-order chi connectivity index (χ1) is 17.4.